The second-order valence-corrected chi connectivity index (χ2v) is 5.40. The first-order valence-electron chi connectivity index (χ1n) is 6.23. The lowest BCUT2D eigenvalue weighted by Gasteiger charge is -2.05. The Morgan fingerprint density at radius 1 is 1.40 bits per heavy atom. The van der Waals surface area contributed by atoms with Crippen molar-refractivity contribution in [3.63, 3.8) is 0 Å². The minimum Gasteiger partial charge on any atom is -0.351 e. The third kappa shape index (κ3) is 4.38. The highest BCUT2D eigenvalue weighted by Gasteiger charge is 2.05. The number of H-pyrrole nitrogens is 1. The number of hydrogen-bond donors (Lipinski definition) is 2. The number of aromatic nitrogens is 2. The molecule has 0 aliphatic rings. The first-order valence-corrected chi connectivity index (χ1v) is 7.38. The number of amides is 1. The smallest absolute Gasteiger partial charge is 0.230 e. The summed E-state index contributed by atoms with van der Waals surface area (Å²) < 4.78 is 12.7. The number of rotatable bonds is 6. The molecule has 0 saturated carbocycles. The van der Waals surface area contributed by atoms with Crippen molar-refractivity contribution in [1.82, 2.24) is 15.5 Å². The molecule has 0 radical (unpaired) electrons. The molecule has 4 nitrogen and oxygen atoms in total. The van der Waals surface area contributed by atoms with Gasteiger partial charge >= 0.3 is 0 Å². The highest BCUT2D eigenvalue weighted by molar-refractivity contribution is 7.99. The number of nitrogens with zero attached hydrogens (tertiary/aromatic N) is 1. The van der Waals surface area contributed by atoms with Gasteiger partial charge in [-0.15, -0.1) is 11.8 Å². The van der Waals surface area contributed by atoms with Crippen molar-refractivity contribution in [3.05, 3.63) is 53.1 Å². The Morgan fingerprint density at radius 3 is 2.80 bits per heavy atom. The van der Waals surface area contributed by atoms with Gasteiger partial charge in [0, 0.05) is 23.6 Å². The largest absolute Gasteiger partial charge is 0.351 e. The van der Waals surface area contributed by atoms with Crippen LogP contribution in [0.25, 0.3) is 0 Å². The van der Waals surface area contributed by atoms with Crippen molar-refractivity contribution in [2.24, 2.45) is 0 Å². The first kappa shape index (κ1) is 14.6. The Morgan fingerprint density at radius 2 is 2.15 bits per heavy atom. The van der Waals surface area contributed by atoms with Crippen LogP contribution in [-0.2, 0) is 17.1 Å². The molecule has 0 aliphatic heterocycles. The standard InChI is InChI=1S/C14H16FN3OS/c1-10-12(7-17-18-10)6-16-14(19)9-20-8-11-2-4-13(15)5-3-11/h2-5,7H,6,8-9H2,1H3,(H,16,19)(H,17,18). The molecule has 6 heteroatoms. The number of carbonyl (C=O) groups excluding carboxylic acids is 1. The summed E-state index contributed by atoms with van der Waals surface area (Å²) in [5.74, 6) is 0.817. The molecular weight excluding hydrogens is 277 g/mol. The van der Waals surface area contributed by atoms with Gasteiger partial charge in [0.05, 0.1) is 11.9 Å². The monoisotopic (exact) mass is 293 g/mol. The SMILES string of the molecule is Cc1[nH]ncc1CNC(=O)CSCc1ccc(F)cc1. The normalized spacial score (nSPS) is 10.5. The average molecular weight is 293 g/mol. The van der Waals surface area contributed by atoms with Crippen LogP contribution in [0, 0.1) is 12.7 Å². The van der Waals surface area contributed by atoms with E-state index < -0.39 is 0 Å². The van der Waals surface area contributed by atoms with Crippen molar-refractivity contribution < 1.29 is 9.18 Å². The van der Waals surface area contributed by atoms with E-state index in [1.54, 1.807) is 18.3 Å². The lowest BCUT2D eigenvalue weighted by Crippen LogP contribution is -2.24. The van der Waals surface area contributed by atoms with Crippen molar-refractivity contribution in [2.75, 3.05) is 5.75 Å². The zero-order valence-electron chi connectivity index (χ0n) is 11.1. The van der Waals surface area contributed by atoms with Gasteiger partial charge in [-0.1, -0.05) is 12.1 Å². The van der Waals surface area contributed by atoms with Crippen molar-refractivity contribution in [1.29, 1.82) is 0 Å². The number of aromatic amines is 1. The summed E-state index contributed by atoms with van der Waals surface area (Å²) in [6.07, 6.45) is 1.71. The van der Waals surface area contributed by atoms with Crippen LogP contribution in [0.15, 0.2) is 30.5 Å². The van der Waals surface area contributed by atoms with Gasteiger partial charge in [0.25, 0.3) is 0 Å². The predicted octanol–water partition coefficient (Wildman–Crippen LogP) is 2.41. The van der Waals surface area contributed by atoms with Gasteiger partial charge in [-0.25, -0.2) is 4.39 Å². The third-order valence-corrected chi connectivity index (χ3v) is 3.83. The number of halogens is 1. The summed E-state index contributed by atoms with van der Waals surface area (Å²) in [4.78, 5) is 11.7. The highest BCUT2D eigenvalue weighted by atomic mass is 32.2. The number of nitrogens with one attached hydrogen (secondary N) is 2. The molecule has 0 bridgehead atoms. The van der Waals surface area contributed by atoms with Crippen LogP contribution in [0.3, 0.4) is 0 Å². The Kier molecular flexibility index (Phi) is 5.17. The summed E-state index contributed by atoms with van der Waals surface area (Å²) in [5, 5.41) is 9.56. The second-order valence-electron chi connectivity index (χ2n) is 4.42. The molecule has 106 valence electrons. The summed E-state index contributed by atoms with van der Waals surface area (Å²) in [6, 6.07) is 6.32. The van der Waals surface area contributed by atoms with Crippen LogP contribution < -0.4 is 5.32 Å². The molecule has 2 rings (SSSR count). The van der Waals surface area contributed by atoms with Crippen LogP contribution in [0.1, 0.15) is 16.8 Å². The number of carbonyl (C=O) groups is 1. The maximum Gasteiger partial charge on any atom is 0.230 e. The molecule has 1 aromatic carbocycles. The van der Waals surface area contributed by atoms with Gasteiger partial charge in [-0.2, -0.15) is 5.10 Å². The fourth-order valence-corrected chi connectivity index (χ4v) is 2.46. The maximum atomic E-state index is 12.7. The van der Waals surface area contributed by atoms with E-state index in [4.69, 9.17) is 0 Å². The van der Waals surface area contributed by atoms with E-state index in [2.05, 4.69) is 15.5 Å². The summed E-state index contributed by atoms with van der Waals surface area (Å²) in [7, 11) is 0. The van der Waals surface area contributed by atoms with Crippen LogP contribution in [-0.4, -0.2) is 21.9 Å². The molecule has 0 fully saturated rings. The molecule has 0 unspecified atom stereocenters. The predicted molar refractivity (Wildman–Crippen MR) is 77.7 cm³/mol. The van der Waals surface area contributed by atoms with E-state index in [-0.39, 0.29) is 11.7 Å². The van der Waals surface area contributed by atoms with E-state index in [9.17, 15) is 9.18 Å². The lowest BCUT2D eigenvalue weighted by molar-refractivity contribution is -0.118. The van der Waals surface area contributed by atoms with Crippen molar-refractivity contribution >= 4 is 17.7 Å². The third-order valence-electron chi connectivity index (χ3n) is 2.83. The van der Waals surface area contributed by atoms with E-state index in [0.717, 1.165) is 16.8 Å². The Balaban J connectivity index is 1.68. The summed E-state index contributed by atoms with van der Waals surface area (Å²) in [5.41, 5.74) is 2.96. The van der Waals surface area contributed by atoms with Crippen LogP contribution >= 0.6 is 11.8 Å². The highest BCUT2D eigenvalue weighted by Crippen LogP contribution is 2.12. The van der Waals surface area contributed by atoms with Gasteiger partial charge in [0.1, 0.15) is 5.82 Å². The molecule has 20 heavy (non-hydrogen) atoms. The zero-order valence-corrected chi connectivity index (χ0v) is 12.0. The Hall–Kier alpha value is -1.82. The molecule has 2 aromatic rings. The van der Waals surface area contributed by atoms with Crippen LogP contribution in [0.4, 0.5) is 4.39 Å². The van der Waals surface area contributed by atoms with Gasteiger partial charge < -0.3 is 5.32 Å². The molecule has 1 aromatic heterocycles. The van der Waals surface area contributed by atoms with Gasteiger partial charge in [-0.3, -0.25) is 9.89 Å². The second kappa shape index (κ2) is 7.09. The Labute approximate surface area is 121 Å². The fraction of sp³-hybridized carbons (Fsp3) is 0.286. The maximum absolute atomic E-state index is 12.7. The summed E-state index contributed by atoms with van der Waals surface area (Å²) in [6.45, 7) is 2.40. The van der Waals surface area contributed by atoms with Gasteiger partial charge in [-0.05, 0) is 24.6 Å². The lowest BCUT2D eigenvalue weighted by atomic mass is 10.2. The van der Waals surface area contributed by atoms with Gasteiger partial charge in [0.15, 0.2) is 0 Å². The minimum absolute atomic E-state index is 0.0160. The van der Waals surface area contributed by atoms with Gasteiger partial charge in [0.2, 0.25) is 5.91 Å². The van der Waals surface area contributed by atoms with Crippen LogP contribution in [0.2, 0.25) is 0 Å². The zero-order chi connectivity index (χ0) is 14.4. The average Bonchev–Trinajstić information content (AvgIpc) is 2.84. The van der Waals surface area contributed by atoms with E-state index in [0.29, 0.717) is 18.1 Å². The molecule has 0 spiro atoms. The molecular formula is C14H16FN3OS. The Bertz CT molecular complexity index is 568. The first-order chi connectivity index (χ1) is 9.65. The van der Waals surface area contributed by atoms with E-state index in [1.807, 2.05) is 6.92 Å². The number of benzene rings is 1. The van der Waals surface area contributed by atoms with Crippen LogP contribution in [0.5, 0.6) is 0 Å². The quantitative estimate of drug-likeness (QED) is 0.860. The molecule has 0 saturated heterocycles. The molecule has 1 amide bonds. The van der Waals surface area contributed by atoms with E-state index >= 15 is 0 Å². The number of hydrogen-bond acceptors (Lipinski definition) is 3. The number of thioether (sulfide) groups is 1. The molecule has 1 heterocycles. The molecule has 0 aliphatic carbocycles. The summed E-state index contributed by atoms with van der Waals surface area (Å²) >= 11 is 1.50. The van der Waals surface area contributed by atoms with Crippen molar-refractivity contribution in [2.45, 2.75) is 19.2 Å². The van der Waals surface area contributed by atoms with Crippen molar-refractivity contribution in [3.8, 4) is 0 Å². The minimum atomic E-state index is -0.244. The van der Waals surface area contributed by atoms with E-state index in [1.165, 1.54) is 23.9 Å². The topological polar surface area (TPSA) is 57.8 Å². The fourth-order valence-electron chi connectivity index (χ4n) is 1.64. The number of aryl methyl sites for hydroxylation is 1. The molecule has 2 N–H and O–H groups in total. The molecule has 0 atom stereocenters.